The second-order valence-corrected chi connectivity index (χ2v) is 7.23. The summed E-state index contributed by atoms with van der Waals surface area (Å²) in [4.78, 5) is 12.4. The lowest BCUT2D eigenvalue weighted by molar-refractivity contribution is 0.0978. The molecule has 0 aromatic heterocycles. The lowest BCUT2D eigenvalue weighted by Gasteiger charge is -2.12. The largest absolute Gasteiger partial charge is 0.331 e. The summed E-state index contributed by atoms with van der Waals surface area (Å²) in [5.74, 6) is -0.330. The van der Waals surface area contributed by atoms with Crippen molar-refractivity contribution < 1.29 is 4.79 Å². The van der Waals surface area contributed by atoms with Crippen LogP contribution in [0, 0.1) is 0 Å². The predicted octanol–water partition coefficient (Wildman–Crippen LogP) is 6.44. The molecule has 136 valence electrons. The van der Waals surface area contributed by atoms with Gasteiger partial charge in [-0.15, -0.1) is 0 Å². The Bertz CT molecular complexity index is 992. The third-order valence-electron chi connectivity index (χ3n) is 3.74. The minimum Gasteiger partial charge on any atom is -0.331 e. The fraction of sp³-hybridized carbons (Fsp3) is 0. The van der Waals surface area contributed by atoms with Crippen LogP contribution in [0.5, 0.6) is 0 Å². The smallest absolute Gasteiger partial charge is 0.257 e. The molecule has 0 aliphatic rings. The maximum atomic E-state index is 12.4. The van der Waals surface area contributed by atoms with Crippen molar-refractivity contribution in [3.8, 4) is 11.1 Å². The molecule has 3 aromatic carbocycles. The molecule has 3 aromatic rings. The highest BCUT2D eigenvalue weighted by Gasteiger charge is 2.11. The molecule has 27 heavy (non-hydrogen) atoms. The molecule has 3 rings (SSSR count). The van der Waals surface area contributed by atoms with Gasteiger partial charge in [0.25, 0.3) is 5.91 Å². The Hall–Kier alpha value is -2.11. The van der Waals surface area contributed by atoms with Crippen molar-refractivity contribution in [2.24, 2.45) is 0 Å². The van der Waals surface area contributed by atoms with E-state index in [1.165, 1.54) is 6.07 Å². The van der Waals surface area contributed by atoms with Crippen molar-refractivity contribution in [1.82, 2.24) is 5.32 Å². The highest BCUT2D eigenvalue weighted by molar-refractivity contribution is 7.80. The number of thiocarbonyl (C=S) groups is 1. The number of nitrogens with one attached hydrogen (secondary N) is 2. The number of carbonyl (C=O) groups is 1. The second kappa shape index (κ2) is 8.72. The number of benzene rings is 3. The van der Waals surface area contributed by atoms with E-state index in [9.17, 15) is 4.79 Å². The lowest BCUT2D eigenvalue weighted by atomic mass is 10.0. The monoisotopic (exact) mass is 434 g/mol. The molecule has 0 aliphatic carbocycles. The van der Waals surface area contributed by atoms with E-state index in [1.54, 1.807) is 18.2 Å². The first kappa shape index (κ1) is 19.6. The van der Waals surface area contributed by atoms with E-state index < -0.39 is 0 Å². The van der Waals surface area contributed by atoms with Gasteiger partial charge in [-0.05, 0) is 47.6 Å². The van der Waals surface area contributed by atoms with Gasteiger partial charge in [0.1, 0.15) is 0 Å². The van der Waals surface area contributed by atoms with E-state index >= 15 is 0 Å². The standard InChI is InChI=1S/C20H13Cl3N2OS/c21-15-10-17(23)18(11-16(15)22)24-20(27)25-19(26)14-8-6-13(7-9-14)12-4-2-1-3-5-12/h1-11H,(H2,24,25,26,27). The van der Waals surface area contributed by atoms with Gasteiger partial charge in [0.15, 0.2) is 5.11 Å². The zero-order valence-corrected chi connectivity index (χ0v) is 16.9. The third kappa shape index (κ3) is 4.99. The Morgan fingerprint density at radius 1 is 0.778 bits per heavy atom. The SMILES string of the molecule is O=C(NC(=S)Nc1cc(Cl)c(Cl)cc1Cl)c1ccc(-c2ccccc2)cc1. The average Bonchev–Trinajstić information content (AvgIpc) is 2.67. The van der Waals surface area contributed by atoms with E-state index in [0.717, 1.165) is 11.1 Å². The first-order chi connectivity index (χ1) is 12.9. The Morgan fingerprint density at radius 2 is 1.37 bits per heavy atom. The number of amides is 1. The van der Waals surface area contributed by atoms with Crippen molar-refractivity contribution in [1.29, 1.82) is 0 Å². The minimum atomic E-state index is -0.330. The van der Waals surface area contributed by atoms with E-state index in [1.807, 2.05) is 42.5 Å². The highest BCUT2D eigenvalue weighted by Crippen LogP contribution is 2.32. The van der Waals surface area contributed by atoms with Gasteiger partial charge in [0, 0.05) is 5.56 Å². The summed E-state index contributed by atoms with van der Waals surface area (Å²) >= 11 is 23.1. The second-order valence-electron chi connectivity index (χ2n) is 5.60. The van der Waals surface area contributed by atoms with Crippen LogP contribution < -0.4 is 10.6 Å². The summed E-state index contributed by atoms with van der Waals surface area (Å²) in [5.41, 5.74) is 3.04. The molecule has 0 fully saturated rings. The van der Waals surface area contributed by atoms with Gasteiger partial charge >= 0.3 is 0 Å². The molecule has 0 spiro atoms. The Kier molecular flexibility index (Phi) is 6.34. The Balaban J connectivity index is 1.66. The summed E-state index contributed by atoms with van der Waals surface area (Å²) in [6.07, 6.45) is 0. The van der Waals surface area contributed by atoms with Crippen LogP contribution in [0.2, 0.25) is 15.1 Å². The number of hydrogen-bond acceptors (Lipinski definition) is 2. The van der Waals surface area contributed by atoms with Crippen molar-refractivity contribution >= 4 is 63.7 Å². The fourth-order valence-electron chi connectivity index (χ4n) is 2.39. The average molecular weight is 436 g/mol. The van der Waals surface area contributed by atoms with Gasteiger partial charge in [-0.1, -0.05) is 77.3 Å². The molecule has 0 aliphatic heterocycles. The summed E-state index contributed by atoms with van der Waals surface area (Å²) < 4.78 is 0. The third-order valence-corrected chi connectivity index (χ3v) is 4.98. The first-order valence-electron chi connectivity index (χ1n) is 7.86. The number of anilines is 1. The van der Waals surface area contributed by atoms with Gasteiger partial charge in [-0.25, -0.2) is 0 Å². The quantitative estimate of drug-likeness (QED) is 0.367. The van der Waals surface area contributed by atoms with E-state index in [-0.39, 0.29) is 11.0 Å². The molecule has 2 N–H and O–H groups in total. The summed E-state index contributed by atoms with van der Waals surface area (Å²) in [5, 5.41) is 6.56. The minimum absolute atomic E-state index is 0.104. The molecule has 0 atom stereocenters. The van der Waals surface area contributed by atoms with Gasteiger partial charge in [0.2, 0.25) is 0 Å². The Labute approximate surface area is 177 Å². The number of hydrogen-bond donors (Lipinski definition) is 2. The van der Waals surface area contributed by atoms with Gasteiger partial charge in [-0.3, -0.25) is 10.1 Å². The van der Waals surface area contributed by atoms with Crippen LogP contribution in [-0.2, 0) is 0 Å². The van der Waals surface area contributed by atoms with Crippen molar-refractivity contribution in [3.63, 3.8) is 0 Å². The van der Waals surface area contributed by atoms with Gasteiger partial charge < -0.3 is 5.32 Å². The van der Waals surface area contributed by atoms with Gasteiger partial charge in [-0.2, -0.15) is 0 Å². The number of rotatable bonds is 3. The van der Waals surface area contributed by atoms with Crippen molar-refractivity contribution in [2.45, 2.75) is 0 Å². The molecule has 0 heterocycles. The summed E-state index contributed by atoms with van der Waals surface area (Å²) in [6.45, 7) is 0. The molecule has 7 heteroatoms. The zero-order valence-electron chi connectivity index (χ0n) is 13.8. The molecule has 1 amide bonds. The van der Waals surface area contributed by atoms with E-state index in [0.29, 0.717) is 26.3 Å². The molecular formula is C20H13Cl3N2OS. The first-order valence-corrected chi connectivity index (χ1v) is 9.40. The molecule has 0 saturated carbocycles. The van der Waals surface area contributed by atoms with Crippen molar-refractivity contribution in [2.75, 3.05) is 5.32 Å². The molecule has 3 nitrogen and oxygen atoms in total. The summed E-state index contributed by atoms with van der Waals surface area (Å²) in [7, 11) is 0. The van der Waals surface area contributed by atoms with E-state index in [4.69, 9.17) is 47.0 Å². The van der Waals surface area contributed by atoms with Crippen LogP contribution in [0.3, 0.4) is 0 Å². The maximum Gasteiger partial charge on any atom is 0.257 e. The number of carbonyl (C=O) groups excluding carboxylic acids is 1. The molecule has 0 unspecified atom stereocenters. The van der Waals surface area contributed by atoms with E-state index in [2.05, 4.69) is 10.6 Å². The van der Waals surface area contributed by atoms with Crippen LogP contribution in [0.25, 0.3) is 11.1 Å². The highest BCUT2D eigenvalue weighted by atomic mass is 35.5. The number of halogens is 3. The molecule has 0 radical (unpaired) electrons. The van der Waals surface area contributed by atoms with Crippen LogP contribution in [0.15, 0.2) is 66.7 Å². The summed E-state index contributed by atoms with van der Waals surface area (Å²) in [6, 6.07) is 20.2. The normalized spacial score (nSPS) is 10.3. The topological polar surface area (TPSA) is 41.1 Å². The maximum absolute atomic E-state index is 12.4. The Morgan fingerprint density at radius 3 is 2.04 bits per heavy atom. The predicted molar refractivity (Wildman–Crippen MR) is 117 cm³/mol. The molecule has 0 bridgehead atoms. The fourth-order valence-corrected chi connectivity index (χ4v) is 3.19. The van der Waals surface area contributed by atoms with Crippen LogP contribution in [0.1, 0.15) is 10.4 Å². The van der Waals surface area contributed by atoms with Crippen LogP contribution in [0.4, 0.5) is 5.69 Å². The molecule has 0 saturated heterocycles. The van der Waals surface area contributed by atoms with Crippen molar-refractivity contribution in [3.05, 3.63) is 87.4 Å². The molecular weight excluding hydrogens is 423 g/mol. The van der Waals surface area contributed by atoms with Crippen LogP contribution in [-0.4, -0.2) is 11.0 Å². The van der Waals surface area contributed by atoms with Crippen LogP contribution >= 0.6 is 47.0 Å². The zero-order chi connectivity index (χ0) is 19.4. The lowest BCUT2D eigenvalue weighted by Crippen LogP contribution is -2.34. The van der Waals surface area contributed by atoms with Gasteiger partial charge in [0.05, 0.1) is 20.8 Å².